The van der Waals surface area contributed by atoms with Gasteiger partial charge < -0.3 is 14.8 Å². The molecule has 0 bridgehead atoms. The lowest BCUT2D eigenvalue weighted by molar-refractivity contribution is 0.111. The second-order valence-corrected chi connectivity index (χ2v) is 4.02. The molecule has 1 unspecified atom stereocenters. The first-order valence-corrected chi connectivity index (χ1v) is 5.81. The summed E-state index contributed by atoms with van der Waals surface area (Å²) in [6, 6.07) is 0.692. The van der Waals surface area contributed by atoms with Crippen LogP contribution < -0.4 is 5.32 Å². The first-order chi connectivity index (χ1) is 7.38. The second kappa shape index (κ2) is 8.05. The van der Waals surface area contributed by atoms with Crippen LogP contribution in [0, 0.1) is 0 Å². The van der Waals surface area contributed by atoms with Gasteiger partial charge in [0, 0.05) is 46.5 Å². The molecule has 1 aliphatic rings. The van der Waals surface area contributed by atoms with Gasteiger partial charge in [0.15, 0.2) is 0 Å². The van der Waals surface area contributed by atoms with Crippen LogP contribution >= 0.6 is 0 Å². The topological polar surface area (TPSA) is 33.7 Å². The Hall–Kier alpha value is -0.160. The molecular formula is C11H24N2O2. The van der Waals surface area contributed by atoms with E-state index < -0.39 is 0 Å². The molecule has 0 saturated carbocycles. The quantitative estimate of drug-likeness (QED) is 0.593. The Bertz CT molecular complexity index is 150. The lowest BCUT2D eigenvalue weighted by Crippen LogP contribution is -2.40. The van der Waals surface area contributed by atoms with Crippen molar-refractivity contribution in [3.63, 3.8) is 0 Å². The predicted octanol–water partition coefficient (Wildman–Crippen LogP) is 0.333. The van der Waals surface area contributed by atoms with E-state index in [1.807, 2.05) is 0 Å². The summed E-state index contributed by atoms with van der Waals surface area (Å²) < 4.78 is 10.2. The van der Waals surface area contributed by atoms with Crippen molar-refractivity contribution in [2.24, 2.45) is 0 Å². The van der Waals surface area contributed by atoms with Crippen molar-refractivity contribution in [3.8, 4) is 0 Å². The highest BCUT2D eigenvalue weighted by atomic mass is 16.5. The van der Waals surface area contributed by atoms with Gasteiger partial charge in [-0.1, -0.05) is 0 Å². The Morgan fingerprint density at radius 2 is 2.00 bits per heavy atom. The van der Waals surface area contributed by atoms with Gasteiger partial charge in [-0.2, -0.15) is 0 Å². The van der Waals surface area contributed by atoms with Gasteiger partial charge >= 0.3 is 0 Å². The van der Waals surface area contributed by atoms with Gasteiger partial charge in [0.2, 0.25) is 0 Å². The van der Waals surface area contributed by atoms with Crippen molar-refractivity contribution < 1.29 is 9.47 Å². The third kappa shape index (κ3) is 4.93. The fourth-order valence-corrected chi connectivity index (χ4v) is 2.05. The first-order valence-electron chi connectivity index (χ1n) is 5.81. The summed E-state index contributed by atoms with van der Waals surface area (Å²) in [6.07, 6.45) is 2.37. The smallest absolute Gasteiger partial charge is 0.0589 e. The lowest BCUT2D eigenvalue weighted by Gasteiger charge is -2.27. The minimum absolute atomic E-state index is 0.692. The minimum Gasteiger partial charge on any atom is -0.385 e. The van der Waals surface area contributed by atoms with Gasteiger partial charge in [0.1, 0.15) is 0 Å². The molecule has 1 N–H and O–H groups in total. The zero-order chi connectivity index (χ0) is 10.9. The van der Waals surface area contributed by atoms with Gasteiger partial charge in [-0.05, 0) is 19.4 Å². The number of hydrogen-bond donors (Lipinski definition) is 1. The Morgan fingerprint density at radius 1 is 1.20 bits per heavy atom. The van der Waals surface area contributed by atoms with E-state index in [1.54, 1.807) is 14.2 Å². The summed E-state index contributed by atoms with van der Waals surface area (Å²) >= 11 is 0. The third-order valence-electron chi connectivity index (χ3n) is 2.93. The Labute approximate surface area is 92.9 Å². The van der Waals surface area contributed by atoms with Gasteiger partial charge in [0.05, 0.1) is 6.61 Å². The summed E-state index contributed by atoms with van der Waals surface area (Å²) in [6.45, 7) is 6.10. The van der Waals surface area contributed by atoms with Crippen molar-refractivity contribution in [3.05, 3.63) is 0 Å². The molecule has 1 atom stereocenters. The van der Waals surface area contributed by atoms with Crippen LogP contribution in [0.5, 0.6) is 0 Å². The van der Waals surface area contributed by atoms with Crippen molar-refractivity contribution in [2.75, 3.05) is 53.6 Å². The molecule has 1 fully saturated rings. The van der Waals surface area contributed by atoms with Crippen LogP contribution in [0.3, 0.4) is 0 Å². The molecule has 0 aromatic rings. The number of ether oxygens (including phenoxy) is 2. The predicted molar refractivity (Wildman–Crippen MR) is 61.2 cm³/mol. The lowest BCUT2D eigenvalue weighted by atomic mass is 10.2. The van der Waals surface area contributed by atoms with E-state index in [9.17, 15) is 0 Å². The SMILES string of the molecule is COCCCN(CCOC)C1CCNC1. The van der Waals surface area contributed by atoms with Crippen molar-refractivity contribution in [1.82, 2.24) is 10.2 Å². The summed E-state index contributed by atoms with van der Waals surface area (Å²) in [5.74, 6) is 0. The zero-order valence-electron chi connectivity index (χ0n) is 10.00. The van der Waals surface area contributed by atoms with Crippen molar-refractivity contribution in [2.45, 2.75) is 18.9 Å². The first kappa shape index (κ1) is 12.9. The maximum absolute atomic E-state index is 5.14. The molecule has 4 heteroatoms. The monoisotopic (exact) mass is 216 g/mol. The second-order valence-electron chi connectivity index (χ2n) is 4.02. The van der Waals surface area contributed by atoms with E-state index >= 15 is 0 Å². The standard InChI is InChI=1S/C11H24N2O2/c1-14-8-3-6-13(7-9-15-2)11-4-5-12-10-11/h11-12H,3-10H2,1-2H3. The highest BCUT2D eigenvalue weighted by Gasteiger charge is 2.21. The third-order valence-corrected chi connectivity index (χ3v) is 2.93. The number of nitrogens with one attached hydrogen (secondary N) is 1. The number of nitrogens with zero attached hydrogens (tertiary/aromatic N) is 1. The normalized spacial score (nSPS) is 21.4. The number of methoxy groups -OCH3 is 2. The number of hydrogen-bond acceptors (Lipinski definition) is 4. The van der Waals surface area contributed by atoms with Crippen LogP contribution in [0.1, 0.15) is 12.8 Å². The molecule has 0 radical (unpaired) electrons. The molecule has 1 rings (SSSR count). The minimum atomic E-state index is 0.692. The van der Waals surface area contributed by atoms with Crippen LogP contribution in [0.4, 0.5) is 0 Å². The fourth-order valence-electron chi connectivity index (χ4n) is 2.05. The van der Waals surface area contributed by atoms with Gasteiger partial charge in [-0.15, -0.1) is 0 Å². The highest BCUT2D eigenvalue weighted by Crippen LogP contribution is 2.08. The zero-order valence-corrected chi connectivity index (χ0v) is 10.00. The molecule has 0 aromatic carbocycles. The van der Waals surface area contributed by atoms with Crippen LogP contribution in [0.25, 0.3) is 0 Å². The summed E-state index contributed by atoms with van der Waals surface area (Å²) in [5.41, 5.74) is 0. The highest BCUT2D eigenvalue weighted by molar-refractivity contribution is 4.80. The summed E-state index contributed by atoms with van der Waals surface area (Å²) in [7, 11) is 3.52. The Balaban J connectivity index is 2.23. The molecule has 90 valence electrons. The van der Waals surface area contributed by atoms with E-state index in [4.69, 9.17) is 9.47 Å². The van der Waals surface area contributed by atoms with E-state index in [0.717, 1.165) is 45.8 Å². The van der Waals surface area contributed by atoms with E-state index in [-0.39, 0.29) is 0 Å². The summed E-state index contributed by atoms with van der Waals surface area (Å²) in [5, 5.41) is 3.41. The van der Waals surface area contributed by atoms with Crippen LogP contribution in [-0.2, 0) is 9.47 Å². The largest absolute Gasteiger partial charge is 0.385 e. The average molecular weight is 216 g/mol. The molecule has 4 nitrogen and oxygen atoms in total. The molecule has 15 heavy (non-hydrogen) atoms. The van der Waals surface area contributed by atoms with E-state index in [0.29, 0.717) is 6.04 Å². The molecular weight excluding hydrogens is 192 g/mol. The fraction of sp³-hybridized carbons (Fsp3) is 1.00. The van der Waals surface area contributed by atoms with E-state index in [1.165, 1.54) is 6.42 Å². The van der Waals surface area contributed by atoms with Gasteiger partial charge in [0.25, 0.3) is 0 Å². The molecule has 1 aliphatic heterocycles. The van der Waals surface area contributed by atoms with Gasteiger partial charge in [-0.3, -0.25) is 4.90 Å². The Morgan fingerprint density at radius 3 is 2.60 bits per heavy atom. The van der Waals surface area contributed by atoms with Crippen LogP contribution in [0.2, 0.25) is 0 Å². The van der Waals surface area contributed by atoms with E-state index in [2.05, 4.69) is 10.2 Å². The molecule has 0 aromatic heterocycles. The number of rotatable bonds is 8. The molecule has 0 aliphatic carbocycles. The van der Waals surface area contributed by atoms with Gasteiger partial charge in [-0.25, -0.2) is 0 Å². The molecule has 0 amide bonds. The maximum atomic E-state index is 5.14. The van der Waals surface area contributed by atoms with Crippen LogP contribution in [-0.4, -0.2) is 64.6 Å². The van der Waals surface area contributed by atoms with Crippen molar-refractivity contribution >= 4 is 0 Å². The molecule has 0 spiro atoms. The van der Waals surface area contributed by atoms with Crippen LogP contribution in [0.15, 0.2) is 0 Å². The Kier molecular flexibility index (Phi) is 6.92. The molecule has 1 saturated heterocycles. The molecule has 1 heterocycles. The maximum Gasteiger partial charge on any atom is 0.0589 e. The summed E-state index contributed by atoms with van der Waals surface area (Å²) in [4.78, 5) is 2.52. The average Bonchev–Trinajstić information content (AvgIpc) is 2.76. The van der Waals surface area contributed by atoms with Crippen molar-refractivity contribution in [1.29, 1.82) is 0 Å².